The van der Waals surface area contributed by atoms with E-state index in [1.165, 1.54) is 9.58 Å². The molecular weight excluding hydrogens is 408 g/mol. The summed E-state index contributed by atoms with van der Waals surface area (Å²) in [6.45, 7) is 3.04. The molecule has 1 saturated heterocycles. The van der Waals surface area contributed by atoms with Crippen molar-refractivity contribution in [2.24, 2.45) is 5.92 Å². The molecule has 160 valence electrons. The molecule has 9 heteroatoms. The summed E-state index contributed by atoms with van der Waals surface area (Å²) in [5.74, 6) is -0.873. The first-order valence-corrected chi connectivity index (χ1v) is 10.3. The summed E-state index contributed by atoms with van der Waals surface area (Å²) in [4.78, 5) is 40.1. The van der Waals surface area contributed by atoms with E-state index in [0.717, 1.165) is 0 Å². The van der Waals surface area contributed by atoms with Crippen LogP contribution < -0.4 is 0 Å². The third-order valence-corrected chi connectivity index (χ3v) is 5.41. The molecule has 0 spiro atoms. The zero-order chi connectivity index (χ0) is 21.7. The van der Waals surface area contributed by atoms with E-state index < -0.39 is 0 Å². The van der Waals surface area contributed by atoms with Crippen LogP contribution in [0.1, 0.15) is 30.3 Å². The predicted molar refractivity (Wildman–Crippen MR) is 111 cm³/mol. The lowest BCUT2D eigenvalue weighted by Crippen LogP contribution is -2.45. The number of ether oxygens (including phenoxy) is 1. The smallest absolute Gasteiger partial charge is 0.309 e. The maximum absolute atomic E-state index is 12.7. The van der Waals surface area contributed by atoms with Crippen molar-refractivity contribution in [2.75, 3.05) is 33.3 Å². The Labute approximate surface area is 180 Å². The zero-order valence-corrected chi connectivity index (χ0v) is 17.8. The van der Waals surface area contributed by atoms with Gasteiger partial charge in [0, 0.05) is 26.3 Å². The van der Waals surface area contributed by atoms with Gasteiger partial charge in [0.25, 0.3) is 5.91 Å². The second-order valence-corrected chi connectivity index (χ2v) is 7.57. The molecule has 0 bridgehead atoms. The fourth-order valence-corrected chi connectivity index (χ4v) is 3.63. The molecule has 1 aromatic carbocycles. The van der Waals surface area contributed by atoms with Gasteiger partial charge in [-0.05, 0) is 38.0 Å². The van der Waals surface area contributed by atoms with Crippen molar-refractivity contribution in [3.8, 4) is 5.69 Å². The highest BCUT2D eigenvalue weighted by molar-refractivity contribution is 6.32. The maximum atomic E-state index is 12.7. The summed E-state index contributed by atoms with van der Waals surface area (Å²) in [6, 6.07) is 8.79. The van der Waals surface area contributed by atoms with Gasteiger partial charge in [0.2, 0.25) is 5.91 Å². The zero-order valence-electron chi connectivity index (χ0n) is 17.1. The Morgan fingerprint density at radius 1 is 1.20 bits per heavy atom. The molecule has 1 fully saturated rings. The highest BCUT2D eigenvalue weighted by Crippen LogP contribution is 2.20. The molecular formula is C21H25ClN4O4. The molecule has 0 saturated carbocycles. The van der Waals surface area contributed by atoms with Crippen LogP contribution in [0.4, 0.5) is 0 Å². The molecule has 8 nitrogen and oxygen atoms in total. The average Bonchev–Trinajstić information content (AvgIpc) is 3.23. The molecule has 0 N–H and O–H groups in total. The van der Waals surface area contributed by atoms with E-state index in [1.54, 1.807) is 43.3 Å². The molecule has 1 aliphatic rings. The van der Waals surface area contributed by atoms with Crippen molar-refractivity contribution in [3.05, 3.63) is 47.2 Å². The normalized spacial score (nSPS) is 14.4. The van der Waals surface area contributed by atoms with Crippen molar-refractivity contribution in [3.63, 3.8) is 0 Å². The molecule has 0 radical (unpaired) electrons. The van der Waals surface area contributed by atoms with E-state index in [0.29, 0.717) is 43.2 Å². The summed E-state index contributed by atoms with van der Waals surface area (Å²) in [5, 5.41) is 4.82. The number of hydrogen-bond donors (Lipinski definition) is 0. The van der Waals surface area contributed by atoms with E-state index in [-0.39, 0.29) is 35.9 Å². The number of esters is 1. The Bertz CT molecular complexity index is 921. The summed E-state index contributed by atoms with van der Waals surface area (Å²) >= 11 is 6.18. The van der Waals surface area contributed by atoms with Gasteiger partial charge < -0.3 is 14.5 Å². The van der Waals surface area contributed by atoms with Crippen LogP contribution in [-0.4, -0.2) is 70.7 Å². The van der Waals surface area contributed by atoms with Gasteiger partial charge in [-0.15, -0.1) is 0 Å². The largest absolute Gasteiger partial charge is 0.466 e. The highest BCUT2D eigenvalue weighted by atomic mass is 35.5. The van der Waals surface area contributed by atoms with Crippen LogP contribution in [0, 0.1) is 5.92 Å². The summed E-state index contributed by atoms with van der Waals surface area (Å²) in [7, 11) is 1.57. The molecule has 2 heterocycles. The first kappa shape index (κ1) is 21.8. The number of benzene rings is 1. The quantitative estimate of drug-likeness (QED) is 0.654. The molecule has 1 aliphatic heterocycles. The van der Waals surface area contributed by atoms with Crippen LogP contribution in [0.2, 0.25) is 5.02 Å². The number of rotatable bonds is 6. The number of amides is 2. The van der Waals surface area contributed by atoms with Crippen molar-refractivity contribution in [2.45, 2.75) is 19.8 Å². The van der Waals surface area contributed by atoms with Gasteiger partial charge in [-0.2, -0.15) is 5.10 Å². The fraction of sp³-hybridized carbons (Fsp3) is 0.429. The minimum atomic E-state index is -0.351. The summed E-state index contributed by atoms with van der Waals surface area (Å²) in [5.41, 5.74) is 0.896. The number of carbonyl (C=O) groups is 3. The first-order valence-electron chi connectivity index (χ1n) is 9.91. The minimum absolute atomic E-state index is 0.0537. The number of piperidine rings is 1. The molecule has 0 atom stereocenters. The number of nitrogens with zero attached hydrogens (tertiary/aromatic N) is 4. The van der Waals surface area contributed by atoms with Gasteiger partial charge in [-0.1, -0.05) is 23.7 Å². The van der Waals surface area contributed by atoms with Gasteiger partial charge in [0.1, 0.15) is 0 Å². The molecule has 2 amide bonds. The second kappa shape index (κ2) is 9.75. The van der Waals surface area contributed by atoms with Crippen LogP contribution in [0.25, 0.3) is 5.69 Å². The monoisotopic (exact) mass is 432 g/mol. The summed E-state index contributed by atoms with van der Waals surface area (Å²) in [6.07, 6.45) is 2.80. The van der Waals surface area contributed by atoms with Gasteiger partial charge in [-0.3, -0.25) is 14.4 Å². The number of likely N-dealkylation sites (tertiary alicyclic amines) is 1. The Morgan fingerprint density at radius 3 is 2.57 bits per heavy atom. The van der Waals surface area contributed by atoms with Gasteiger partial charge in [-0.25, -0.2) is 4.68 Å². The van der Waals surface area contributed by atoms with Gasteiger partial charge in [0.15, 0.2) is 5.69 Å². The number of para-hydroxylation sites is 1. The van der Waals surface area contributed by atoms with E-state index in [2.05, 4.69) is 5.10 Å². The van der Waals surface area contributed by atoms with E-state index >= 15 is 0 Å². The van der Waals surface area contributed by atoms with Crippen LogP contribution in [0.5, 0.6) is 0 Å². The van der Waals surface area contributed by atoms with E-state index in [4.69, 9.17) is 16.3 Å². The molecule has 30 heavy (non-hydrogen) atoms. The topological polar surface area (TPSA) is 84.7 Å². The SMILES string of the molecule is CCOC(=O)C1CCN(C(=O)CN(C)C(=O)c2ccn(-c3ccccc3Cl)n2)CC1. The number of likely N-dealkylation sites (N-methyl/N-ethyl adjacent to an activating group) is 1. The molecule has 2 aromatic rings. The Balaban J connectivity index is 1.55. The first-order chi connectivity index (χ1) is 14.4. The minimum Gasteiger partial charge on any atom is -0.466 e. The number of halogens is 1. The van der Waals surface area contributed by atoms with Gasteiger partial charge in [0.05, 0.1) is 29.8 Å². The maximum Gasteiger partial charge on any atom is 0.309 e. The fourth-order valence-electron chi connectivity index (χ4n) is 3.40. The number of hydrogen-bond acceptors (Lipinski definition) is 5. The number of aromatic nitrogens is 2. The Hall–Kier alpha value is -2.87. The van der Waals surface area contributed by atoms with Gasteiger partial charge >= 0.3 is 5.97 Å². The molecule has 0 unspecified atom stereocenters. The van der Waals surface area contributed by atoms with E-state index in [9.17, 15) is 14.4 Å². The molecule has 3 rings (SSSR count). The lowest BCUT2D eigenvalue weighted by molar-refractivity contribution is -0.151. The van der Waals surface area contributed by atoms with Crippen LogP contribution in [0.3, 0.4) is 0 Å². The standard InChI is InChI=1S/C21H25ClN4O4/c1-3-30-21(29)15-8-11-25(12-9-15)19(27)14-24(2)20(28)17-10-13-26(23-17)18-7-5-4-6-16(18)22/h4-7,10,13,15H,3,8-9,11-12,14H2,1-2H3. The average molecular weight is 433 g/mol. The van der Waals surface area contributed by atoms with Crippen molar-refractivity contribution < 1.29 is 19.1 Å². The van der Waals surface area contributed by atoms with Crippen molar-refractivity contribution >= 4 is 29.4 Å². The molecule has 1 aromatic heterocycles. The molecule has 0 aliphatic carbocycles. The third kappa shape index (κ3) is 4.99. The predicted octanol–water partition coefficient (Wildman–Crippen LogP) is 2.40. The lowest BCUT2D eigenvalue weighted by atomic mass is 9.97. The van der Waals surface area contributed by atoms with Crippen LogP contribution >= 0.6 is 11.6 Å². The second-order valence-electron chi connectivity index (χ2n) is 7.17. The third-order valence-electron chi connectivity index (χ3n) is 5.09. The van der Waals surface area contributed by atoms with Crippen LogP contribution in [0.15, 0.2) is 36.5 Å². The van der Waals surface area contributed by atoms with Crippen molar-refractivity contribution in [1.29, 1.82) is 0 Å². The Morgan fingerprint density at radius 2 is 1.90 bits per heavy atom. The number of carbonyl (C=O) groups excluding carboxylic acids is 3. The highest BCUT2D eigenvalue weighted by Gasteiger charge is 2.29. The van der Waals surface area contributed by atoms with Crippen molar-refractivity contribution in [1.82, 2.24) is 19.6 Å². The summed E-state index contributed by atoms with van der Waals surface area (Å²) < 4.78 is 6.58. The van der Waals surface area contributed by atoms with E-state index in [1.807, 2.05) is 12.1 Å². The van der Waals surface area contributed by atoms with Crippen LogP contribution in [-0.2, 0) is 14.3 Å². The lowest BCUT2D eigenvalue weighted by Gasteiger charge is -2.32. The Kier molecular flexibility index (Phi) is 7.10.